The lowest BCUT2D eigenvalue weighted by Crippen LogP contribution is -2.60. The quantitative estimate of drug-likeness (QED) is 0.332. The Morgan fingerprint density at radius 1 is 1.10 bits per heavy atom. The van der Waals surface area contributed by atoms with Crippen molar-refractivity contribution in [3.8, 4) is 5.75 Å². The molecule has 0 atom stereocenters. The van der Waals surface area contributed by atoms with E-state index < -0.39 is 0 Å². The molecule has 1 aromatic carbocycles. The molecule has 1 heterocycles. The maximum Gasteiger partial charge on any atom is 0.191 e. The van der Waals surface area contributed by atoms with E-state index in [0.717, 1.165) is 57.5 Å². The van der Waals surface area contributed by atoms with Crippen molar-refractivity contribution in [1.82, 2.24) is 15.5 Å². The highest BCUT2D eigenvalue weighted by Crippen LogP contribution is 2.33. The number of nitrogens with one attached hydrogen (secondary N) is 2. The Morgan fingerprint density at radius 2 is 1.79 bits per heavy atom. The number of ether oxygens (including phenoxy) is 2. The number of halogens is 1. The smallest absolute Gasteiger partial charge is 0.191 e. The first-order chi connectivity index (χ1) is 13.8. The summed E-state index contributed by atoms with van der Waals surface area (Å²) in [4.78, 5) is 7.10. The molecule has 7 heteroatoms. The third kappa shape index (κ3) is 7.00. The molecule has 2 N–H and O–H groups in total. The molecule has 1 saturated heterocycles. The second-order valence-electron chi connectivity index (χ2n) is 7.84. The highest BCUT2D eigenvalue weighted by atomic mass is 127. The van der Waals surface area contributed by atoms with Crippen molar-refractivity contribution in [1.29, 1.82) is 0 Å². The summed E-state index contributed by atoms with van der Waals surface area (Å²) in [5, 5.41) is 7.09. The van der Waals surface area contributed by atoms with Crippen molar-refractivity contribution in [2.24, 2.45) is 4.99 Å². The highest BCUT2D eigenvalue weighted by Gasteiger charge is 2.38. The van der Waals surface area contributed by atoms with E-state index in [-0.39, 0.29) is 29.5 Å². The number of guanidine groups is 1. The Morgan fingerprint density at radius 3 is 2.41 bits per heavy atom. The molecule has 0 unspecified atom stereocenters. The average molecular weight is 516 g/mol. The zero-order chi connectivity index (χ0) is 19.7. The standard InChI is InChI=1S/C22H36N4O2.HI/c1-23-21(24-13-10-19-6-8-20(27-2)9-7-19)25-18-22(11-4-3-5-12-22)26-14-16-28-17-15-26;/h6-9H,3-5,10-18H2,1-2H3,(H2,23,24,25);1H. The van der Waals surface area contributed by atoms with Gasteiger partial charge >= 0.3 is 0 Å². The summed E-state index contributed by atoms with van der Waals surface area (Å²) in [6, 6.07) is 8.26. The lowest BCUT2D eigenvalue weighted by molar-refractivity contribution is -0.0352. The number of nitrogens with zero attached hydrogens (tertiary/aromatic N) is 2. The molecule has 0 radical (unpaired) electrons. The third-order valence-corrected chi connectivity index (χ3v) is 6.14. The van der Waals surface area contributed by atoms with Crippen LogP contribution in [0.2, 0.25) is 0 Å². The fourth-order valence-corrected chi connectivity index (χ4v) is 4.44. The Hall–Kier alpha value is -1.06. The first-order valence-electron chi connectivity index (χ1n) is 10.7. The molecular weight excluding hydrogens is 479 g/mol. The lowest BCUT2D eigenvalue weighted by atomic mass is 9.80. The van der Waals surface area contributed by atoms with Crippen LogP contribution < -0.4 is 15.4 Å². The van der Waals surface area contributed by atoms with Crippen molar-refractivity contribution in [2.75, 3.05) is 53.6 Å². The summed E-state index contributed by atoms with van der Waals surface area (Å²) in [5.74, 6) is 1.79. The van der Waals surface area contributed by atoms with Crippen LogP contribution in [0.1, 0.15) is 37.7 Å². The number of methoxy groups -OCH3 is 1. The van der Waals surface area contributed by atoms with Crippen LogP contribution in [0.3, 0.4) is 0 Å². The molecule has 1 aliphatic carbocycles. The Bertz CT molecular complexity index is 612. The summed E-state index contributed by atoms with van der Waals surface area (Å²) in [5.41, 5.74) is 1.54. The molecule has 0 spiro atoms. The van der Waals surface area contributed by atoms with E-state index in [1.807, 2.05) is 19.2 Å². The van der Waals surface area contributed by atoms with Crippen molar-refractivity contribution in [2.45, 2.75) is 44.1 Å². The molecule has 164 valence electrons. The van der Waals surface area contributed by atoms with Crippen LogP contribution in [0.15, 0.2) is 29.3 Å². The fraction of sp³-hybridized carbons (Fsp3) is 0.682. The van der Waals surface area contributed by atoms with E-state index in [0.29, 0.717) is 0 Å². The van der Waals surface area contributed by atoms with Crippen molar-refractivity contribution in [3.05, 3.63) is 29.8 Å². The summed E-state index contributed by atoms with van der Waals surface area (Å²) < 4.78 is 10.8. The lowest BCUT2D eigenvalue weighted by Gasteiger charge is -2.48. The maximum atomic E-state index is 5.59. The van der Waals surface area contributed by atoms with E-state index in [2.05, 4.69) is 32.7 Å². The normalized spacial score (nSPS) is 19.9. The van der Waals surface area contributed by atoms with Gasteiger partial charge in [0.05, 0.1) is 20.3 Å². The van der Waals surface area contributed by atoms with Gasteiger partial charge in [0.25, 0.3) is 0 Å². The molecule has 3 rings (SSSR count). The summed E-state index contributed by atoms with van der Waals surface area (Å²) in [7, 11) is 3.55. The van der Waals surface area contributed by atoms with E-state index in [9.17, 15) is 0 Å². The molecule has 1 saturated carbocycles. The Balaban J connectivity index is 0.00000300. The minimum Gasteiger partial charge on any atom is -0.497 e. The van der Waals surface area contributed by atoms with Crippen LogP contribution in [0.25, 0.3) is 0 Å². The fourth-order valence-electron chi connectivity index (χ4n) is 4.44. The number of benzene rings is 1. The number of hydrogen-bond acceptors (Lipinski definition) is 4. The zero-order valence-corrected chi connectivity index (χ0v) is 20.2. The van der Waals surface area contributed by atoms with Crippen molar-refractivity contribution in [3.63, 3.8) is 0 Å². The van der Waals surface area contributed by atoms with Gasteiger partial charge in [0.15, 0.2) is 5.96 Å². The Kier molecular flexibility index (Phi) is 10.5. The van der Waals surface area contributed by atoms with Crippen molar-refractivity contribution < 1.29 is 9.47 Å². The van der Waals surface area contributed by atoms with Gasteiger partial charge in [0, 0.05) is 38.8 Å². The number of rotatable bonds is 7. The Labute approximate surface area is 192 Å². The van der Waals surface area contributed by atoms with Gasteiger partial charge < -0.3 is 20.1 Å². The molecule has 0 bridgehead atoms. The number of hydrogen-bond donors (Lipinski definition) is 2. The minimum absolute atomic E-state index is 0. The van der Waals surface area contributed by atoms with E-state index in [4.69, 9.17) is 9.47 Å². The predicted octanol–water partition coefficient (Wildman–Crippen LogP) is 3.06. The van der Waals surface area contributed by atoms with Gasteiger partial charge in [-0.25, -0.2) is 0 Å². The summed E-state index contributed by atoms with van der Waals surface area (Å²) in [6.07, 6.45) is 7.50. The van der Waals surface area contributed by atoms with Gasteiger partial charge in [0.1, 0.15) is 5.75 Å². The van der Waals surface area contributed by atoms with Crippen LogP contribution in [0.4, 0.5) is 0 Å². The minimum atomic E-state index is 0. The van der Waals surface area contributed by atoms with Gasteiger partial charge in [-0.1, -0.05) is 31.4 Å². The molecule has 2 aliphatic rings. The van der Waals surface area contributed by atoms with Crippen LogP contribution in [0.5, 0.6) is 5.75 Å². The monoisotopic (exact) mass is 516 g/mol. The second-order valence-corrected chi connectivity index (χ2v) is 7.84. The van der Waals surface area contributed by atoms with Gasteiger partial charge in [-0.05, 0) is 37.0 Å². The largest absolute Gasteiger partial charge is 0.497 e. The highest BCUT2D eigenvalue weighted by molar-refractivity contribution is 14.0. The molecule has 29 heavy (non-hydrogen) atoms. The van der Waals surface area contributed by atoms with Crippen LogP contribution >= 0.6 is 24.0 Å². The topological polar surface area (TPSA) is 58.1 Å². The molecule has 1 aromatic rings. The van der Waals surface area contributed by atoms with Gasteiger partial charge in [-0.3, -0.25) is 9.89 Å². The molecule has 1 aliphatic heterocycles. The maximum absolute atomic E-state index is 5.59. The first-order valence-corrected chi connectivity index (χ1v) is 10.7. The van der Waals surface area contributed by atoms with E-state index >= 15 is 0 Å². The molecule has 6 nitrogen and oxygen atoms in total. The zero-order valence-electron chi connectivity index (χ0n) is 17.9. The van der Waals surface area contributed by atoms with Gasteiger partial charge in [-0.15, -0.1) is 24.0 Å². The van der Waals surface area contributed by atoms with E-state index in [1.165, 1.54) is 37.7 Å². The second kappa shape index (κ2) is 12.6. The SMILES string of the molecule is CN=C(NCCc1ccc(OC)cc1)NCC1(N2CCOCC2)CCCCC1.I. The number of aliphatic imine (C=N–C) groups is 1. The molecule has 0 amide bonds. The molecular formula is C22H37IN4O2. The third-order valence-electron chi connectivity index (χ3n) is 6.14. The van der Waals surface area contributed by atoms with Crippen LogP contribution in [-0.4, -0.2) is 69.9 Å². The van der Waals surface area contributed by atoms with Crippen LogP contribution in [0, 0.1) is 0 Å². The molecule has 2 fully saturated rings. The summed E-state index contributed by atoms with van der Waals surface area (Å²) >= 11 is 0. The van der Waals surface area contributed by atoms with Crippen molar-refractivity contribution >= 4 is 29.9 Å². The van der Waals surface area contributed by atoms with Gasteiger partial charge in [0.2, 0.25) is 0 Å². The number of morpholine rings is 1. The van der Waals surface area contributed by atoms with Gasteiger partial charge in [-0.2, -0.15) is 0 Å². The summed E-state index contributed by atoms with van der Waals surface area (Å²) in [6.45, 7) is 5.62. The molecule has 0 aromatic heterocycles. The van der Waals surface area contributed by atoms with Crippen LogP contribution in [-0.2, 0) is 11.2 Å². The van der Waals surface area contributed by atoms with E-state index in [1.54, 1.807) is 7.11 Å². The first kappa shape index (κ1) is 24.2. The predicted molar refractivity (Wildman–Crippen MR) is 130 cm³/mol. The average Bonchev–Trinajstić information content (AvgIpc) is 2.78.